The molecule has 3 aliphatic heterocycles. The van der Waals surface area contributed by atoms with Gasteiger partial charge in [-0.1, -0.05) is 78.2 Å². The first-order chi connectivity index (χ1) is 59.5. The Bertz CT molecular complexity index is 6350. The van der Waals surface area contributed by atoms with Crippen molar-refractivity contribution in [1.82, 2.24) is 105 Å². The number of urea groups is 1. The molecule has 15 aromatic rings. The Hall–Kier alpha value is -14.3. The van der Waals surface area contributed by atoms with Crippen LogP contribution in [0.2, 0.25) is 5.15 Å². The Balaban J connectivity index is 0.000000121. The number of para-hydroxylation sites is 1. The number of aryl methyl sites for hydroxylation is 2. The maximum Gasteiger partial charge on any atom is 0.323 e. The Labute approximate surface area is 699 Å². The molecular weight excluding hydrogens is 1580 g/mol. The number of allylic oxidation sites excluding steroid dienone is 2. The molecule has 0 radical (unpaired) electrons. The first-order valence-electron chi connectivity index (χ1n) is 39.5. The van der Waals surface area contributed by atoms with Gasteiger partial charge >= 0.3 is 6.03 Å². The van der Waals surface area contributed by atoms with Gasteiger partial charge in [-0.15, -0.1) is 0 Å². The third-order valence-corrected chi connectivity index (χ3v) is 21.0. The minimum atomic E-state index is -0.586. The van der Waals surface area contributed by atoms with Crippen molar-refractivity contribution in [2.24, 2.45) is 0 Å². The molecule has 1 aliphatic carbocycles. The number of rotatable bonds is 20. The number of fused-ring (bicyclic) bond motifs is 4. The van der Waals surface area contributed by atoms with Crippen molar-refractivity contribution in [3.8, 4) is 57.6 Å². The second kappa shape index (κ2) is 37.3. The standard InChI is InChI=1S/C27H33N7O2.C22H23N7O2.C19H18N6O4.C17H12ClFN6O/c35-27(21-6-4-19(14-21)17-33-8-2-1-3-9-33)31-24-16-28-32-25(24)26-29-22-7-5-20(15-23(22)30-26)18-34-10-12-36-13-11-34;30-22(24-16-4-2-1-3-5-16)27-19-13-23-28-20(19)21-25-17-7-6-15(12-18(17)26-21)14-29-8-10-31-11-9-29;1-9-4-10(18(26)20-7-9)19(27)24-13-8-21-25-16(13)17-22-11-5-14(28-2)15(29-3)6-12(11)23-17;1-8-3-2-4-9(19)14(8)17(26)24-12-7-21-25-15(12)16-22-10-5-13(18)20-6-11(10)23-16/h4-7,15-16H,1-3,8-14,17-18H2,(H,28,32)(H,29,30)(H,31,35);1-7,12-13H,8-11,14H2,(H,23,28)(H,25,26)(H2,24,27,30);4-8H,1-3H3,(H,20,26)(H,21,25)(H,22,23)(H,24,27);2-7H,1H3,(H,21,25)(H,22,23)(H,24,26). The average Bonchev–Trinajstić information content (AvgIpc) is 1.66. The number of nitrogens with zero attached hydrogens (tertiary/aromatic N) is 12. The van der Waals surface area contributed by atoms with E-state index in [4.69, 9.17) is 35.5 Å². The molecule has 3 saturated heterocycles. The van der Waals surface area contributed by atoms with Crippen molar-refractivity contribution in [1.29, 1.82) is 0 Å². The summed E-state index contributed by atoms with van der Waals surface area (Å²) < 4.78 is 35.5. The zero-order valence-electron chi connectivity index (χ0n) is 66.8. The maximum absolute atomic E-state index is 14.0. The molecule has 5 aromatic carbocycles. The van der Waals surface area contributed by atoms with E-state index in [1.165, 1.54) is 60.5 Å². The van der Waals surface area contributed by atoms with Gasteiger partial charge in [0.15, 0.2) is 34.8 Å². The highest BCUT2D eigenvalue weighted by Gasteiger charge is 2.26. The number of halogens is 2. The summed E-state index contributed by atoms with van der Waals surface area (Å²) >= 11 is 5.87. The monoisotopic (exact) mass is 1670 g/mol. The summed E-state index contributed by atoms with van der Waals surface area (Å²) in [6.07, 6.45) is 17.8. The largest absolute Gasteiger partial charge is 0.493 e. The summed E-state index contributed by atoms with van der Waals surface area (Å²) in [5.41, 5.74) is 16.5. The van der Waals surface area contributed by atoms with Gasteiger partial charge in [-0.3, -0.25) is 54.3 Å². The highest BCUT2D eigenvalue weighted by molar-refractivity contribution is 6.30. The van der Waals surface area contributed by atoms with Crippen LogP contribution < -0.4 is 41.6 Å². The third kappa shape index (κ3) is 19.4. The predicted octanol–water partition coefficient (Wildman–Crippen LogP) is 12.8. The zero-order valence-corrected chi connectivity index (χ0v) is 67.6. The van der Waals surface area contributed by atoms with Gasteiger partial charge < -0.3 is 70.5 Å². The summed E-state index contributed by atoms with van der Waals surface area (Å²) in [6, 6.07) is 32.6. The predicted molar refractivity (Wildman–Crippen MR) is 460 cm³/mol. The molecule has 0 bridgehead atoms. The number of carbonyl (C=O) groups excluding carboxylic acids is 4. The number of hydrogen-bond donors (Lipinski definition) is 14. The summed E-state index contributed by atoms with van der Waals surface area (Å²) in [6.45, 7) is 15.4. The van der Waals surface area contributed by atoms with Crippen LogP contribution in [0.4, 0.5) is 37.6 Å². The molecular formula is C85H86ClFN26O9. The minimum Gasteiger partial charge on any atom is -0.493 e. The molecule has 0 spiro atoms. The van der Waals surface area contributed by atoms with Crippen LogP contribution in [0.5, 0.6) is 11.5 Å². The van der Waals surface area contributed by atoms with Crippen LogP contribution in [0, 0.1) is 19.7 Å². The number of H-pyrrole nitrogens is 9. The lowest BCUT2D eigenvalue weighted by Crippen LogP contribution is -2.35. The second-order valence-electron chi connectivity index (χ2n) is 29.4. The van der Waals surface area contributed by atoms with Crippen molar-refractivity contribution in [3.63, 3.8) is 0 Å². The number of ether oxygens (including phenoxy) is 4. The van der Waals surface area contributed by atoms with E-state index in [2.05, 4.69) is 157 Å². The lowest BCUT2D eigenvalue weighted by Gasteiger charge is -2.26. The van der Waals surface area contributed by atoms with Gasteiger partial charge in [0.1, 0.15) is 39.3 Å². The van der Waals surface area contributed by atoms with E-state index in [-0.39, 0.29) is 23.1 Å². The molecule has 0 atom stereocenters. The van der Waals surface area contributed by atoms with Crippen LogP contribution in [0.1, 0.15) is 68.7 Å². The fraction of sp³-hybridized carbons (Fsp3) is 0.247. The number of benzene rings is 5. The lowest BCUT2D eigenvalue weighted by molar-refractivity contribution is -0.112. The van der Waals surface area contributed by atoms with Crippen molar-refractivity contribution < 1.29 is 42.5 Å². The van der Waals surface area contributed by atoms with Gasteiger partial charge in [0.2, 0.25) is 0 Å². The molecule has 3 fully saturated rings. The number of morpholine rings is 2. The van der Waals surface area contributed by atoms with E-state index in [9.17, 15) is 28.4 Å². The molecule has 14 N–H and O–H groups in total. The summed E-state index contributed by atoms with van der Waals surface area (Å²) in [5.74, 6) is 1.51. The quantitative estimate of drug-likeness (QED) is 0.0315. The Morgan fingerprint density at radius 1 is 0.500 bits per heavy atom. The van der Waals surface area contributed by atoms with E-state index in [1.807, 2.05) is 48.5 Å². The van der Waals surface area contributed by atoms with E-state index >= 15 is 0 Å². The molecule has 19 rings (SSSR count). The molecule has 0 saturated carbocycles. The molecule has 35 nitrogen and oxygen atoms in total. The Morgan fingerprint density at radius 3 is 1.56 bits per heavy atom. The zero-order chi connectivity index (χ0) is 84.2. The normalized spacial score (nSPS) is 14.4. The number of pyridine rings is 2. The molecule has 4 aliphatic rings. The summed E-state index contributed by atoms with van der Waals surface area (Å²) in [4.78, 5) is 108. The van der Waals surface area contributed by atoms with Crippen molar-refractivity contribution >= 4 is 108 Å². The van der Waals surface area contributed by atoms with Gasteiger partial charge in [-0.2, -0.15) is 20.4 Å². The topological polar surface area (TPSA) is 450 Å². The number of anilines is 5. The summed E-state index contributed by atoms with van der Waals surface area (Å²) in [5, 5.41) is 42.1. The highest BCUT2D eigenvalue weighted by atomic mass is 35.5. The Morgan fingerprint density at radius 2 is 1.00 bits per heavy atom. The molecule has 13 heterocycles. The number of carbonyl (C=O) groups is 4. The van der Waals surface area contributed by atoms with E-state index < -0.39 is 23.2 Å². The van der Waals surface area contributed by atoms with Crippen LogP contribution in [-0.2, 0) is 27.4 Å². The number of amides is 5. The smallest absolute Gasteiger partial charge is 0.323 e. The number of nitrogens with one attached hydrogen (secondary N) is 14. The third-order valence-electron chi connectivity index (χ3n) is 20.8. The van der Waals surface area contributed by atoms with Crippen LogP contribution in [0.3, 0.4) is 0 Å². The number of piperidine rings is 1. The maximum atomic E-state index is 14.0. The number of aromatic amines is 9. The van der Waals surface area contributed by atoms with E-state index in [0.29, 0.717) is 120 Å². The van der Waals surface area contributed by atoms with Crippen LogP contribution in [-0.4, -0.2) is 216 Å². The van der Waals surface area contributed by atoms with Crippen LogP contribution >= 0.6 is 11.6 Å². The fourth-order valence-corrected chi connectivity index (χ4v) is 14.8. The van der Waals surface area contributed by atoms with E-state index in [0.717, 1.165) is 124 Å². The van der Waals surface area contributed by atoms with Gasteiger partial charge in [-0.05, 0) is 111 Å². The van der Waals surface area contributed by atoms with Crippen molar-refractivity contribution in [2.75, 3.05) is 113 Å². The van der Waals surface area contributed by atoms with E-state index in [1.54, 1.807) is 83.2 Å². The molecule has 122 heavy (non-hydrogen) atoms. The molecule has 37 heteroatoms. The number of methoxy groups -OCH3 is 2. The number of hydrogen-bond acceptors (Lipinski definition) is 21. The highest BCUT2D eigenvalue weighted by Crippen LogP contribution is 2.36. The molecule has 5 amide bonds. The second-order valence-corrected chi connectivity index (χ2v) is 29.8. The van der Waals surface area contributed by atoms with Gasteiger partial charge in [0, 0.05) is 87.9 Å². The molecule has 10 aromatic heterocycles. The Kier molecular flexibility index (Phi) is 24.9. The van der Waals surface area contributed by atoms with Gasteiger partial charge in [0.25, 0.3) is 23.3 Å². The first kappa shape index (κ1) is 81.4. The van der Waals surface area contributed by atoms with Crippen LogP contribution in [0.25, 0.3) is 90.2 Å². The number of imidazole rings is 4. The van der Waals surface area contributed by atoms with Crippen LogP contribution in [0.15, 0.2) is 174 Å². The number of aromatic nitrogens is 18. The first-order valence-corrected chi connectivity index (χ1v) is 39.8. The average molecular weight is 1670 g/mol. The summed E-state index contributed by atoms with van der Waals surface area (Å²) in [7, 11) is 3.10. The minimum absolute atomic E-state index is 0.0104. The fourth-order valence-electron chi connectivity index (χ4n) is 14.6. The van der Waals surface area contributed by atoms with Gasteiger partial charge in [0.05, 0.1) is 144 Å². The lowest BCUT2D eigenvalue weighted by atomic mass is 10.1. The molecule has 0 unspecified atom stereocenters. The van der Waals surface area contributed by atoms with Crippen molar-refractivity contribution in [2.45, 2.75) is 52.6 Å². The van der Waals surface area contributed by atoms with Crippen molar-refractivity contribution in [3.05, 3.63) is 224 Å². The number of likely N-dealkylation sites (tertiary alicyclic amines) is 1. The SMILES string of the molecule is COc1cc2nc(-c3[nH]ncc3NC(=O)c3cc(C)c[nH]c3=O)[nH]c2cc1OC.Cc1cccc(F)c1C(=O)Nc1cn[nH]c1-c1nc2cc(Cl)ncc2[nH]1.O=C(Nc1ccccc1)Nc1cn[nH]c1-c1nc2ccc(CN3CCOCC3)cc2[nH]1.O=C(Nc1cn[nH]c1-c1nc2ccc(CN3CCOCC3)cc2[nH]1)C1=CC=C(CN2CCCCC2)C1. The molecule has 624 valence electrons. The van der Waals surface area contributed by atoms with Gasteiger partial charge in [-0.25, -0.2) is 34.1 Å².